The fourth-order valence-electron chi connectivity index (χ4n) is 22.8. The molecule has 0 fully saturated rings. The van der Waals surface area contributed by atoms with Gasteiger partial charge in [-0.25, -0.2) is 24.9 Å². The highest BCUT2D eigenvalue weighted by atomic mass is 16.3. The van der Waals surface area contributed by atoms with Gasteiger partial charge >= 0.3 is 0 Å². The van der Waals surface area contributed by atoms with Gasteiger partial charge in [0.25, 0.3) is 0 Å². The largest absolute Gasteiger partial charge is 0.455 e. The Kier molecular flexibility index (Phi) is 19.4. The standard InChI is InChI=1S/2C47H27N3O.C41H23N5O/c1-3-12-41-39(11-1)43-40(21-20-38-36-10-2-4-13-42(36)51-47(38)43)44(50-41)34-8-5-7-29(27-34)30-14-15-32-26-33(17-16-31(32)25-30)35-22-24-49-46-37(35)19-18-28-9-6-23-48-45(28)46;1-2-13-33-32(12-1)31(20-21-34(33)35-24-26-49-46-37(35)19-18-28-11-8-25-48-45(28)46)29-9-7-10-30(27-29)44-40-23-22-38-36-14-4-6-17-42(36)51-47(38)43(40)39-15-3-5-16-41(39)50-44;1-3-12-34-32(11-1)36-33(17-16-31-29-10-2-4-13-35(29)47-40(31)36)37(46-34)25-7-5-8-26(21-25)41-44-22-27(23-45-41)28-18-20-43-39-30(28)15-14-24-9-6-19-42-38(24)39/h2*1-27H;1-23H. The zero-order chi connectivity index (χ0) is 97.8. The molecule has 13 aromatic heterocycles. The van der Waals surface area contributed by atoms with Crippen molar-refractivity contribution >= 4 is 218 Å². The van der Waals surface area contributed by atoms with E-state index >= 15 is 0 Å². The summed E-state index contributed by atoms with van der Waals surface area (Å²) < 4.78 is 19.6. The second kappa shape index (κ2) is 34.2. The molecule has 0 N–H and O–H groups in total. The second-order valence-electron chi connectivity index (χ2n) is 38.0. The molecule has 0 atom stereocenters. The summed E-state index contributed by atoms with van der Waals surface area (Å²) in [6.07, 6.45) is 14.9. The fraction of sp³-hybridized carbons (Fsp3) is 0. The predicted octanol–water partition coefficient (Wildman–Crippen LogP) is 35.3. The molecule has 0 spiro atoms. The summed E-state index contributed by atoms with van der Waals surface area (Å²) in [4.78, 5) is 53.4. The third kappa shape index (κ3) is 13.9. The Labute approximate surface area is 849 Å². The highest BCUT2D eigenvalue weighted by Gasteiger charge is 2.26. The Bertz CT molecular complexity index is 11300. The number of pyridine rings is 9. The van der Waals surface area contributed by atoms with Crippen molar-refractivity contribution in [3.8, 4) is 101 Å². The summed E-state index contributed by atoms with van der Waals surface area (Å²) in [5.41, 5.74) is 31.6. The van der Waals surface area contributed by atoms with Crippen molar-refractivity contribution in [1.29, 1.82) is 0 Å². The lowest BCUT2D eigenvalue weighted by molar-refractivity contribution is 0.672. The Morgan fingerprint density at radius 3 is 0.919 bits per heavy atom. The lowest BCUT2D eigenvalue weighted by Gasteiger charge is -2.15. The van der Waals surface area contributed by atoms with Crippen LogP contribution in [-0.2, 0) is 0 Å². The average molecular weight is 1900 g/mol. The molecule has 0 aliphatic rings. The molecule has 0 saturated heterocycles. The van der Waals surface area contributed by atoms with Crippen LogP contribution in [0.1, 0.15) is 0 Å². The highest BCUT2D eigenvalue weighted by molar-refractivity contribution is 6.29. The third-order valence-corrected chi connectivity index (χ3v) is 29.7. The van der Waals surface area contributed by atoms with Crippen LogP contribution in [0.2, 0.25) is 0 Å². The van der Waals surface area contributed by atoms with Gasteiger partial charge in [0, 0.05) is 191 Å². The van der Waals surface area contributed by atoms with Crippen LogP contribution >= 0.6 is 0 Å². The first-order valence-electron chi connectivity index (χ1n) is 49.8. The average Bonchev–Trinajstić information content (AvgIpc) is 1.62. The Hall–Kier alpha value is -20.4. The smallest absolute Gasteiger partial charge is 0.159 e. The number of nitrogens with zero attached hydrogens (tertiary/aromatic N) is 11. The lowest BCUT2D eigenvalue weighted by Crippen LogP contribution is -1.93. The summed E-state index contributed by atoms with van der Waals surface area (Å²) in [5.74, 6) is 0.644. The van der Waals surface area contributed by atoms with Gasteiger partial charge in [-0.1, -0.05) is 297 Å². The first-order valence-corrected chi connectivity index (χ1v) is 49.8. The van der Waals surface area contributed by atoms with Gasteiger partial charge in [0.15, 0.2) is 5.82 Å². The number of hydrogen-bond acceptors (Lipinski definition) is 14. The molecule has 0 bridgehead atoms. The van der Waals surface area contributed by atoms with E-state index in [4.69, 9.17) is 48.1 Å². The van der Waals surface area contributed by atoms with Crippen molar-refractivity contribution < 1.29 is 13.3 Å². The first kappa shape index (κ1) is 84.3. The van der Waals surface area contributed by atoms with Crippen molar-refractivity contribution in [3.05, 3.63) is 468 Å². The molecular formula is C135H77N11O3. The molecule has 0 radical (unpaired) electrons. The van der Waals surface area contributed by atoms with E-state index in [1.165, 1.54) is 32.7 Å². The summed E-state index contributed by atoms with van der Waals surface area (Å²) >= 11 is 0. The van der Waals surface area contributed by atoms with Gasteiger partial charge in [0.1, 0.15) is 33.5 Å². The molecule has 14 nitrogen and oxygen atoms in total. The van der Waals surface area contributed by atoms with Crippen LogP contribution in [0.25, 0.3) is 319 Å². The van der Waals surface area contributed by atoms with Crippen LogP contribution in [0.3, 0.4) is 0 Å². The number of fused-ring (bicyclic) bond motifs is 32. The minimum atomic E-state index is 0.644. The molecule has 14 heteroatoms. The van der Waals surface area contributed by atoms with Gasteiger partial charge in [0.05, 0.1) is 66.7 Å². The van der Waals surface area contributed by atoms with E-state index in [0.29, 0.717) is 5.82 Å². The maximum absolute atomic E-state index is 6.57. The third-order valence-electron chi connectivity index (χ3n) is 29.7. The number of rotatable bonds is 9. The quantitative estimate of drug-likeness (QED) is 0.124. The lowest BCUT2D eigenvalue weighted by atomic mass is 9.90. The number of aromatic nitrogens is 11. The first-order chi connectivity index (χ1) is 73.9. The van der Waals surface area contributed by atoms with E-state index in [-0.39, 0.29) is 0 Å². The maximum atomic E-state index is 6.57. The highest BCUT2D eigenvalue weighted by Crippen LogP contribution is 2.49. The van der Waals surface area contributed by atoms with E-state index < -0.39 is 0 Å². The molecule has 0 unspecified atom stereocenters. The Morgan fingerprint density at radius 1 is 0.154 bits per heavy atom. The van der Waals surface area contributed by atoms with Gasteiger partial charge in [0.2, 0.25) is 0 Å². The van der Waals surface area contributed by atoms with E-state index in [2.05, 4.69) is 360 Å². The van der Waals surface area contributed by atoms with Crippen LogP contribution < -0.4 is 0 Å². The van der Waals surface area contributed by atoms with Gasteiger partial charge in [-0.05, 0) is 193 Å². The number of benzene rings is 19. The van der Waals surface area contributed by atoms with Gasteiger partial charge in [-0.2, -0.15) is 0 Å². The monoisotopic (exact) mass is 1900 g/mol. The summed E-state index contributed by atoms with van der Waals surface area (Å²) in [5, 5.41) is 27.6. The van der Waals surface area contributed by atoms with Crippen LogP contribution in [0.5, 0.6) is 0 Å². The SMILES string of the molecule is c1cc(-c2ccc(-c3ccnc4c3ccc3cccnc34)c3ccccc23)cc(-c2nc3ccccc3c3c2ccc2c4ccccc4oc23)c1.c1cc(-c2ccc3cc(-c4ccnc5c4ccc4cccnc45)ccc3c2)cc(-c2nc3ccccc3c3c2ccc2c4ccccc4oc23)c1.c1cc(-c2ncc(-c3ccnc4c3ccc3cccnc34)cn2)cc(-c2nc3ccccc3c3c2ccc2c4ccccc4oc23)c1. The molecule has 32 aromatic rings. The normalized spacial score (nSPS) is 11.9. The number of furan rings is 3. The van der Waals surface area contributed by atoms with Crippen LogP contribution in [0.4, 0.5) is 0 Å². The fourth-order valence-corrected chi connectivity index (χ4v) is 22.8. The molecule has 0 aliphatic carbocycles. The molecular weight excluding hydrogens is 1820 g/mol. The van der Waals surface area contributed by atoms with E-state index in [1.807, 2.05) is 122 Å². The van der Waals surface area contributed by atoms with Crippen molar-refractivity contribution in [3.63, 3.8) is 0 Å². The van der Waals surface area contributed by atoms with Crippen molar-refractivity contribution in [2.75, 3.05) is 0 Å². The van der Waals surface area contributed by atoms with Gasteiger partial charge < -0.3 is 13.3 Å². The number of hydrogen-bond donors (Lipinski definition) is 0. The molecule has 149 heavy (non-hydrogen) atoms. The maximum Gasteiger partial charge on any atom is 0.159 e. The van der Waals surface area contributed by atoms with Crippen LogP contribution in [0.15, 0.2) is 481 Å². The number of para-hydroxylation sites is 6. The molecule has 32 rings (SSSR count). The van der Waals surface area contributed by atoms with Gasteiger partial charge in [-0.3, -0.25) is 29.9 Å². The van der Waals surface area contributed by atoms with Gasteiger partial charge in [-0.15, -0.1) is 0 Å². The van der Waals surface area contributed by atoms with Crippen molar-refractivity contribution in [2.45, 2.75) is 0 Å². The summed E-state index contributed by atoms with van der Waals surface area (Å²) in [6.45, 7) is 0. The molecule has 13 heterocycles. The molecule has 0 aliphatic heterocycles. The Balaban J connectivity index is 0.000000103. The van der Waals surface area contributed by atoms with E-state index in [1.54, 1.807) is 6.20 Å². The second-order valence-corrected chi connectivity index (χ2v) is 38.0. The van der Waals surface area contributed by atoms with Crippen LogP contribution in [0, 0.1) is 0 Å². The minimum absolute atomic E-state index is 0.644. The summed E-state index contributed by atoms with van der Waals surface area (Å²) in [6, 6.07) is 146. The topological polar surface area (TPSA) is 181 Å². The van der Waals surface area contributed by atoms with E-state index in [9.17, 15) is 0 Å². The van der Waals surface area contributed by atoms with Crippen LogP contribution in [-0.4, -0.2) is 54.8 Å². The molecule has 0 amide bonds. The van der Waals surface area contributed by atoms with E-state index in [0.717, 1.165) is 280 Å². The van der Waals surface area contributed by atoms with Crippen molar-refractivity contribution in [2.24, 2.45) is 0 Å². The zero-order valence-electron chi connectivity index (χ0n) is 79.6. The predicted molar refractivity (Wildman–Crippen MR) is 611 cm³/mol. The molecule has 690 valence electrons. The Morgan fingerprint density at radius 2 is 0.456 bits per heavy atom. The molecule has 19 aromatic carbocycles. The molecule has 0 saturated carbocycles. The van der Waals surface area contributed by atoms with Crippen molar-refractivity contribution in [1.82, 2.24) is 54.8 Å². The summed E-state index contributed by atoms with van der Waals surface area (Å²) in [7, 11) is 0. The zero-order valence-corrected chi connectivity index (χ0v) is 79.6. The minimum Gasteiger partial charge on any atom is -0.455 e.